The first kappa shape index (κ1) is 16.1. The van der Waals surface area contributed by atoms with Crippen LogP contribution in [0.5, 0.6) is 11.5 Å². The number of benzene rings is 1. The molecule has 4 heteroatoms. The van der Waals surface area contributed by atoms with Gasteiger partial charge in [-0.05, 0) is 30.5 Å². The molecule has 1 aromatic rings. The van der Waals surface area contributed by atoms with Crippen molar-refractivity contribution < 1.29 is 9.47 Å². The van der Waals surface area contributed by atoms with Gasteiger partial charge in [-0.1, -0.05) is 49.0 Å². The van der Waals surface area contributed by atoms with Crippen molar-refractivity contribution in [3.05, 3.63) is 22.2 Å². The lowest BCUT2D eigenvalue weighted by Crippen LogP contribution is -2.37. The molecule has 0 amide bonds. The minimum atomic E-state index is 0.0298. The zero-order valence-electron chi connectivity index (χ0n) is 13.6. The maximum atomic E-state index is 6.20. The van der Waals surface area contributed by atoms with Gasteiger partial charge in [0.1, 0.15) is 0 Å². The van der Waals surface area contributed by atoms with Crippen molar-refractivity contribution in [1.82, 2.24) is 0 Å². The zero-order valence-corrected chi connectivity index (χ0v) is 15.2. The molecule has 0 atom stereocenters. The highest BCUT2D eigenvalue weighted by Crippen LogP contribution is 2.46. The molecule has 1 aromatic carbocycles. The van der Waals surface area contributed by atoms with Crippen molar-refractivity contribution in [2.75, 3.05) is 19.8 Å². The lowest BCUT2D eigenvalue weighted by Gasteiger charge is -2.37. The van der Waals surface area contributed by atoms with Crippen LogP contribution < -0.4 is 15.2 Å². The Hall–Kier alpha value is -0.740. The van der Waals surface area contributed by atoms with E-state index in [1.165, 1.54) is 24.8 Å². The Balaban J connectivity index is 1.99. The molecule has 0 spiro atoms. The summed E-state index contributed by atoms with van der Waals surface area (Å²) in [4.78, 5) is 0. The molecule has 3 rings (SSSR count). The highest BCUT2D eigenvalue weighted by Gasteiger charge is 2.36. The fraction of sp³-hybridized carbons (Fsp3) is 0.667. The molecule has 0 bridgehead atoms. The van der Waals surface area contributed by atoms with Crippen LogP contribution in [0.15, 0.2) is 16.6 Å². The molecule has 0 aromatic heterocycles. The predicted octanol–water partition coefficient (Wildman–Crippen LogP) is 4.41. The van der Waals surface area contributed by atoms with E-state index in [0.29, 0.717) is 19.8 Å². The zero-order chi connectivity index (χ0) is 15.8. The Labute approximate surface area is 141 Å². The second-order valence-electron chi connectivity index (χ2n) is 7.57. The van der Waals surface area contributed by atoms with Crippen molar-refractivity contribution in [3.63, 3.8) is 0 Å². The van der Waals surface area contributed by atoms with Crippen LogP contribution in [-0.4, -0.2) is 19.8 Å². The van der Waals surface area contributed by atoms with Crippen LogP contribution in [0, 0.1) is 5.41 Å². The second kappa shape index (κ2) is 6.04. The quantitative estimate of drug-likeness (QED) is 0.841. The van der Waals surface area contributed by atoms with E-state index in [0.717, 1.165) is 28.8 Å². The molecular weight excluding hydrogens is 342 g/mol. The molecule has 1 heterocycles. The normalized spacial score (nSPS) is 22.9. The molecule has 3 nitrogen and oxygen atoms in total. The number of ether oxygens (including phenoxy) is 2. The Morgan fingerprint density at radius 2 is 1.64 bits per heavy atom. The summed E-state index contributed by atoms with van der Waals surface area (Å²) in [6.45, 7) is 6.37. The van der Waals surface area contributed by atoms with Gasteiger partial charge in [-0.2, -0.15) is 0 Å². The maximum absolute atomic E-state index is 6.20. The number of hydrogen-bond acceptors (Lipinski definition) is 3. The van der Waals surface area contributed by atoms with Crippen LogP contribution in [-0.2, 0) is 5.41 Å². The first-order chi connectivity index (χ1) is 10.5. The van der Waals surface area contributed by atoms with E-state index < -0.39 is 0 Å². The topological polar surface area (TPSA) is 44.5 Å². The third-order valence-corrected chi connectivity index (χ3v) is 5.70. The highest BCUT2D eigenvalue weighted by molar-refractivity contribution is 9.10. The van der Waals surface area contributed by atoms with Gasteiger partial charge in [0.25, 0.3) is 0 Å². The molecule has 1 aliphatic heterocycles. The standard InChI is InChI=1S/C18H26BrNO2/c1-17(2)11-21-15-8-13(14(19)9-16(15)22-12-17)18(10-20)6-4-3-5-7-18/h8-9H,3-7,10-12,20H2,1-2H3. The second-order valence-corrected chi connectivity index (χ2v) is 8.42. The molecule has 22 heavy (non-hydrogen) atoms. The Kier molecular flexibility index (Phi) is 4.43. The van der Waals surface area contributed by atoms with E-state index in [-0.39, 0.29) is 10.8 Å². The van der Waals surface area contributed by atoms with Crippen molar-refractivity contribution in [2.24, 2.45) is 11.1 Å². The van der Waals surface area contributed by atoms with Gasteiger partial charge in [0.05, 0.1) is 13.2 Å². The summed E-state index contributed by atoms with van der Waals surface area (Å²) >= 11 is 3.75. The molecule has 1 aliphatic carbocycles. The fourth-order valence-corrected chi connectivity index (χ4v) is 4.31. The first-order valence-electron chi connectivity index (χ1n) is 8.26. The molecule has 0 unspecified atom stereocenters. The minimum Gasteiger partial charge on any atom is -0.489 e. The van der Waals surface area contributed by atoms with Gasteiger partial charge >= 0.3 is 0 Å². The van der Waals surface area contributed by atoms with Crippen LogP contribution in [0.3, 0.4) is 0 Å². The Morgan fingerprint density at radius 1 is 1.05 bits per heavy atom. The average Bonchev–Trinajstić information content (AvgIpc) is 2.66. The summed E-state index contributed by atoms with van der Waals surface area (Å²) < 4.78 is 13.1. The van der Waals surface area contributed by atoms with Crippen LogP contribution in [0.4, 0.5) is 0 Å². The Morgan fingerprint density at radius 3 is 2.23 bits per heavy atom. The number of halogens is 1. The largest absolute Gasteiger partial charge is 0.489 e. The van der Waals surface area contributed by atoms with Gasteiger partial charge in [-0.25, -0.2) is 0 Å². The number of fused-ring (bicyclic) bond motifs is 1. The number of hydrogen-bond donors (Lipinski definition) is 1. The molecule has 1 fully saturated rings. The van der Waals surface area contributed by atoms with Gasteiger partial charge in [0.15, 0.2) is 11.5 Å². The van der Waals surface area contributed by atoms with Gasteiger partial charge in [-0.15, -0.1) is 0 Å². The monoisotopic (exact) mass is 367 g/mol. The molecule has 2 aliphatic rings. The van der Waals surface area contributed by atoms with Crippen LogP contribution in [0.1, 0.15) is 51.5 Å². The van der Waals surface area contributed by atoms with Crippen molar-refractivity contribution in [2.45, 2.75) is 51.4 Å². The fourth-order valence-electron chi connectivity index (χ4n) is 3.57. The van der Waals surface area contributed by atoms with Gasteiger partial charge < -0.3 is 15.2 Å². The maximum Gasteiger partial charge on any atom is 0.162 e. The SMILES string of the molecule is CC1(C)COc2cc(Br)c(C3(CN)CCCCC3)cc2OC1. The summed E-state index contributed by atoms with van der Waals surface area (Å²) in [6.07, 6.45) is 6.15. The van der Waals surface area contributed by atoms with E-state index in [9.17, 15) is 0 Å². The van der Waals surface area contributed by atoms with Crippen LogP contribution in [0.2, 0.25) is 0 Å². The average molecular weight is 368 g/mol. The summed E-state index contributed by atoms with van der Waals surface area (Å²) in [7, 11) is 0. The van der Waals surface area contributed by atoms with Crippen LogP contribution >= 0.6 is 15.9 Å². The summed E-state index contributed by atoms with van der Waals surface area (Å²) in [5.41, 5.74) is 7.60. The summed E-state index contributed by atoms with van der Waals surface area (Å²) in [5, 5.41) is 0. The van der Waals surface area contributed by atoms with Gasteiger partial charge in [-0.3, -0.25) is 0 Å². The molecule has 1 saturated carbocycles. The molecular formula is C18H26BrNO2. The lowest BCUT2D eigenvalue weighted by atomic mass is 9.69. The van der Waals surface area contributed by atoms with Crippen molar-refractivity contribution in [3.8, 4) is 11.5 Å². The molecule has 0 saturated heterocycles. The van der Waals surface area contributed by atoms with E-state index in [1.54, 1.807) is 0 Å². The Bertz CT molecular complexity index is 550. The third kappa shape index (κ3) is 3.00. The van der Waals surface area contributed by atoms with E-state index in [2.05, 4.69) is 41.9 Å². The smallest absolute Gasteiger partial charge is 0.162 e. The highest BCUT2D eigenvalue weighted by atomic mass is 79.9. The summed E-state index contributed by atoms with van der Waals surface area (Å²) in [5.74, 6) is 1.70. The van der Waals surface area contributed by atoms with Gasteiger partial charge in [0, 0.05) is 21.8 Å². The number of nitrogens with two attached hydrogens (primary N) is 1. The predicted molar refractivity (Wildman–Crippen MR) is 92.7 cm³/mol. The van der Waals surface area contributed by atoms with Crippen molar-refractivity contribution >= 4 is 15.9 Å². The number of rotatable bonds is 2. The lowest BCUT2D eigenvalue weighted by molar-refractivity contribution is 0.140. The van der Waals surface area contributed by atoms with E-state index >= 15 is 0 Å². The first-order valence-corrected chi connectivity index (χ1v) is 9.05. The van der Waals surface area contributed by atoms with Crippen LogP contribution in [0.25, 0.3) is 0 Å². The van der Waals surface area contributed by atoms with E-state index in [1.807, 2.05) is 0 Å². The molecule has 122 valence electrons. The third-order valence-electron chi connectivity index (χ3n) is 5.04. The summed E-state index contributed by atoms with van der Waals surface area (Å²) in [6, 6.07) is 4.23. The van der Waals surface area contributed by atoms with Gasteiger partial charge in [0.2, 0.25) is 0 Å². The minimum absolute atomic E-state index is 0.0298. The molecule has 0 radical (unpaired) electrons. The molecule has 2 N–H and O–H groups in total. The van der Waals surface area contributed by atoms with Crippen molar-refractivity contribution in [1.29, 1.82) is 0 Å². The van der Waals surface area contributed by atoms with E-state index in [4.69, 9.17) is 15.2 Å².